The van der Waals surface area contributed by atoms with Crippen LogP contribution in [0.2, 0.25) is 0 Å². The second-order valence-corrected chi connectivity index (χ2v) is 5.56. The number of anilines is 1. The lowest BCUT2D eigenvalue weighted by Gasteiger charge is -2.15. The molecule has 1 aromatic rings. The minimum Gasteiger partial charge on any atom is -0.346 e. The van der Waals surface area contributed by atoms with Gasteiger partial charge in [-0.25, -0.2) is 0 Å². The van der Waals surface area contributed by atoms with Gasteiger partial charge in [0.25, 0.3) is 0 Å². The largest absolute Gasteiger partial charge is 0.416 e. The van der Waals surface area contributed by atoms with Gasteiger partial charge in [-0.2, -0.15) is 13.2 Å². The number of nitrogens with two attached hydrogens (primary N) is 1. The maximum absolute atomic E-state index is 12.8. The number of carbonyl (C=O) groups excluding carboxylic acids is 2. The molecule has 0 bridgehead atoms. The zero-order valence-electron chi connectivity index (χ0n) is 13.1. The first kappa shape index (κ1) is 19.0. The second-order valence-electron chi connectivity index (χ2n) is 5.56. The van der Waals surface area contributed by atoms with E-state index in [4.69, 9.17) is 5.73 Å². The van der Waals surface area contributed by atoms with Gasteiger partial charge >= 0.3 is 6.18 Å². The molecule has 1 aromatic carbocycles. The molecule has 0 saturated carbocycles. The zero-order chi connectivity index (χ0) is 17.8. The molecule has 23 heavy (non-hydrogen) atoms. The van der Waals surface area contributed by atoms with Crippen LogP contribution in [0.25, 0.3) is 0 Å². The molecule has 0 spiro atoms. The van der Waals surface area contributed by atoms with Crippen LogP contribution in [0.15, 0.2) is 18.2 Å². The molecule has 8 heteroatoms. The van der Waals surface area contributed by atoms with Gasteiger partial charge in [-0.1, -0.05) is 19.9 Å². The fraction of sp³-hybridized carbons (Fsp3) is 0.467. The molecule has 4 N–H and O–H groups in total. The lowest BCUT2D eigenvalue weighted by Crippen LogP contribution is -2.46. The van der Waals surface area contributed by atoms with E-state index in [-0.39, 0.29) is 23.7 Å². The molecule has 0 aliphatic heterocycles. The average Bonchev–Trinajstić information content (AvgIpc) is 2.44. The van der Waals surface area contributed by atoms with Crippen molar-refractivity contribution >= 4 is 17.5 Å². The van der Waals surface area contributed by atoms with Crippen molar-refractivity contribution in [1.29, 1.82) is 0 Å². The molecule has 0 saturated heterocycles. The number of hydrogen-bond donors (Lipinski definition) is 3. The van der Waals surface area contributed by atoms with Crippen molar-refractivity contribution in [3.8, 4) is 0 Å². The molecule has 0 aliphatic rings. The van der Waals surface area contributed by atoms with Gasteiger partial charge in [0.15, 0.2) is 0 Å². The molecule has 0 heterocycles. The van der Waals surface area contributed by atoms with E-state index in [2.05, 4.69) is 10.6 Å². The summed E-state index contributed by atoms with van der Waals surface area (Å²) in [5, 5.41) is 4.65. The Bertz CT molecular complexity index is 586. The summed E-state index contributed by atoms with van der Waals surface area (Å²) in [6.45, 7) is 4.49. The highest BCUT2D eigenvalue weighted by atomic mass is 19.4. The first-order valence-corrected chi connectivity index (χ1v) is 7.03. The molecule has 0 aliphatic carbocycles. The van der Waals surface area contributed by atoms with Crippen molar-refractivity contribution in [3.63, 3.8) is 0 Å². The van der Waals surface area contributed by atoms with Gasteiger partial charge < -0.3 is 16.4 Å². The van der Waals surface area contributed by atoms with Crippen LogP contribution < -0.4 is 16.4 Å². The van der Waals surface area contributed by atoms with Gasteiger partial charge in [0, 0.05) is 5.69 Å². The van der Waals surface area contributed by atoms with Crippen molar-refractivity contribution in [3.05, 3.63) is 29.3 Å². The first-order chi connectivity index (χ1) is 10.5. The van der Waals surface area contributed by atoms with Gasteiger partial charge in [-0.15, -0.1) is 0 Å². The van der Waals surface area contributed by atoms with Crippen LogP contribution in [0.1, 0.15) is 25.0 Å². The minimum absolute atomic E-state index is 0.00957. The maximum atomic E-state index is 12.8. The van der Waals surface area contributed by atoms with Crippen molar-refractivity contribution in [2.45, 2.75) is 33.0 Å². The molecular weight excluding hydrogens is 311 g/mol. The van der Waals surface area contributed by atoms with Crippen molar-refractivity contribution in [2.75, 3.05) is 11.9 Å². The number of rotatable bonds is 5. The predicted molar refractivity (Wildman–Crippen MR) is 80.6 cm³/mol. The minimum atomic E-state index is -4.50. The fourth-order valence-corrected chi connectivity index (χ4v) is 1.80. The van der Waals surface area contributed by atoms with Gasteiger partial charge in [-0.3, -0.25) is 9.59 Å². The number of alkyl halides is 3. The molecule has 0 unspecified atom stereocenters. The molecule has 0 aromatic heterocycles. The Labute approximate surface area is 132 Å². The van der Waals surface area contributed by atoms with Crippen LogP contribution in [0.5, 0.6) is 0 Å². The zero-order valence-corrected chi connectivity index (χ0v) is 13.1. The van der Waals surface area contributed by atoms with Crippen LogP contribution in [-0.4, -0.2) is 24.4 Å². The maximum Gasteiger partial charge on any atom is 0.416 e. The summed E-state index contributed by atoms with van der Waals surface area (Å²) in [4.78, 5) is 23.3. The Kier molecular flexibility index (Phi) is 6.14. The Hall–Kier alpha value is -2.09. The Morgan fingerprint density at radius 3 is 2.39 bits per heavy atom. The molecule has 128 valence electrons. The van der Waals surface area contributed by atoms with E-state index in [1.165, 1.54) is 19.1 Å². The van der Waals surface area contributed by atoms with Gasteiger partial charge in [-0.05, 0) is 30.5 Å². The summed E-state index contributed by atoms with van der Waals surface area (Å²) in [6, 6.07) is 2.74. The highest BCUT2D eigenvalue weighted by Crippen LogP contribution is 2.33. The van der Waals surface area contributed by atoms with Gasteiger partial charge in [0.05, 0.1) is 18.2 Å². The van der Waals surface area contributed by atoms with Gasteiger partial charge in [0.1, 0.15) is 0 Å². The lowest BCUT2D eigenvalue weighted by molar-refractivity contribution is -0.138. The van der Waals surface area contributed by atoms with E-state index in [0.29, 0.717) is 0 Å². The third-order valence-electron chi connectivity index (χ3n) is 3.27. The number of carbonyl (C=O) groups is 2. The van der Waals surface area contributed by atoms with Crippen LogP contribution in [0.3, 0.4) is 0 Å². The van der Waals surface area contributed by atoms with E-state index in [1.54, 1.807) is 13.8 Å². The highest BCUT2D eigenvalue weighted by molar-refractivity contribution is 5.95. The average molecular weight is 331 g/mol. The quantitative estimate of drug-likeness (QED) is 0.772. The molecular formula is C15H20F3N3O2. The molecule has 5 nitrogen and oxygen atoms in total. The Morgan fingerprint density at radius 1 is 1.26 bits per heavy atom. The molecule has 1 atom stereocenters. The van der Waals surface area contributed by atoms with Crippen LogP contribution >= 0.6 is 0 Å². The third-order valence-corrected chi connectivity index (χ3v) is 3.27. The topological polar surface area (TPSA) is 84.2 Å². The standard InChI is InChI=1S/C15H20F3N3O2/c1-8(2)13(19)14(23)20-7-12(22)21-10-5-4-9(3)11(6-10)15(16,17)18/h4-6,8,13H,7,19H2,1-3H3,(H,20,23)(H,21,22)/t13-/m0/s1. The normalized spacial score (nSPS) is 12.9. The van der Waals surface area contributed by atoms with E-state index < -0.39 is 29.6 Å². The van der Waals surface area contributed by atoms with Crippen molar-refractivity contribution in [2.24, 2.45) is 11.7 Å². The van der Waals surface area contributed by atoms with Crippen LogP contribution in [-0.2, 0) is 15.8 Å². The summed E-state index contributed by atoms with van der Waals surface area (Å²) in [7, 11) is 0. The van der Waals surface area contributed by atoms with Gasteiger partial charge in [0.2, 0.25) is 11.8 Å². The molecule has 0 fully saturated rings. The molecule has 1 rings (SSSR count). The first-order valence-electron chi connectivity index (χ1n) is 7.03. The fourth-order valence-electron chi connectivity index (χ4n) is 1.80. The van der Waals surface area contributed by atoms with Crippen molar-refractivity contribution < 1.29 is 22.8 Å². The van der Waals surface area contributed by atoms with E-state index in [1.807, 2.05) is 0 Å². The number of nitrogens with one attached hydrogen (secondary N) is 2. The Balaban J connectivity index is 2.67. The summed E-state index contributed by atoms with van der Waals surface area (Å²) >= 11 is 0. The number of halogens is 3. The van der Waals surface area contributed by atoms with Crippen molar-refractivity contribution in [1.82, 2.24) is 5.32 Å². The lowest BCUT2D eigenvalue weighted by atomic mass is 10.1. The summed E-state index contributed by atoms with van der Waals surface area (Å²) in [5.41, 5.74) is 4.87. The van der Waals surface area contributed by atoms with Crippen LogP contribution in [0.4, 0.5) is 18.9 Å². The summed E-state index contributed by atoms with van der Waals surface area (Å²) in [5.74, 6) is -1.22. The third kappa shape index (κ3) is 5.55. The number of aryl methyl sites for hydroxylation is 1. The van der Waals surface area contributed by atoms with E-state index in [9.17, 15) is 22.8 Å². The monoisotopic (exact) mass is 331 g/mol. The second kappa shape index (κ2) is 7.45. The van der Waals surface area contributed by atoms with Crippen LogP contribution in [0, 0.1) is 12.8 Å². The summed E-state index contributed by atoms with van der Waals surface area (Å²) < 4.78 is 38.4. The van der Waals surface area contributed by atoms with E-state index >= 15 is 0 Å². The van der Waals surface area contributed by atoms with E-state index in [0.717, 1.165) is 6.07 Å². The number of benzene rings is 1. The predicted octanol–water partition coefficient (Wildman–Crippen LogP) is 2.05. The summed E-state index contributed by atoms with van der Waals surface area (Å²) in [6.07, 6.45) is -4.50. The Morgan fingerprint density at radius 2 is 1.87 bits per heavy atom. The highest BCUT2D eigenvalue weighted by Gasteiger charge is 2.32. The SMILES string of the molecule is Cc1ccc(NC(=O)CNC(=O)[C@@H](N)C(C)C)cc1C(F)(F)F. The molecule has 2 amide bonds. The molecule has 0 radical (unpaired) electrons. The number of hydrogen-bond acceptors (Lipinski definition) is 3. The smallest absolute Gasteiger partial charge is 0.346 e. The number of amides is 2.